The maximum absolute atomic E-state index is 11.6. The van der Waals surface area contributed by atoms with Crippen LogP contribution in [0.1, 0.15) is 11.1 Å². The Labute approximate surface area is 106 Å². The summed E-state index contributed by atoms with van der Waals surface area (Å²) in [4.78, 5) is 11.6. The van der Waals surface area contributed by atoms with E-state index < -0.39 is 0 Å². The van der Waals surface area contributed by atoms with Crippen molar-refractivity contribution in [1.29, 1.82) is 0 Å². The number of carbonyl (C=O) groups excluding carboxylic acids is 1. The summed E-state index contributed by atoms with van der Waals surface area (Å²) in [5.41, 5.74) is 1.53. The summed E-state index contributed by atoms with van der Waals surface area (Å²) in [7, 11) is 0. The van der Waals surface area contributed by atoms with Gasteiger partial charge in [-0.2, -0.15) is 0 Å². The van der Waals surface area contributed by atoms with Crippen LogP contribution in [-0.4, -0.2) is 11.1 Å². The summed E-state index contributed by atoms with van der Waals surface area (Å²) in [6, 6.07) is 16.2. The molecule has 2 rings (SSSR count). The summed E-state index contributed by atoms with van der Waals surface area (Å²) in [5, 5.41) is 9.52. The molecule has 3 nitrogen and oxygen atoms in total. The molecule has 0 radical (unpaired) electrons. The van der Waals surface area contributed by atoms with Crippen molar-refractivity contribution < 1.29 is 14.6 Å². The highest BCUT2D eigenvalue weighted by Crippen LogP contribution is 2.16. The largest absolute Gasteiger partial charge is 0.508 e. The van der Waals surface area contributed by atoms with Gasteiger partial charge >= 0.3 is 5.97 Å². The van der Waals surface area contributed by atoms with Gasteiger partial charge in [0.1, 0.15) is 12.4 Å². The molecule has 0 aromatic heterocycles. The minimum atomic E-state index is -0.301. The monoisotopic (exact) mass is 242 g/mol. The zero-order chi connectivity index (χ0) is 12.8. The first-order valence-corrected chi connectivity index (χ1v) is 5.72. The van der Waals surface area contributed by atoms with E-state index in [0.29, 0.717) is 5.56 Å². The normalized spacial score (nSPS) is 10.0. The van der Waals surface area contributed by atoms with Crippen LogP contribution >= 0.6 is 0 Å². The summed E-state index contributed by atoms with van der Waals surface area (Å²) in [6.07, 6.45) is 0.244. The number of benzene rings is 2. The van der Waals surface area contributed by atoms with Crippen molar-refractivity contribution in [2.45, 2.75) is 13.0 Å². The molecule has 0 fully saturated rings. The lowest BCUT2D eigenvalue weighted by atomic mass is 10.1. The Bertz CT molecular complexity index is 520. The van der Waals surface area contributed by atoms with E-state index in [9.17, 15) is 9.90 Å². The number of carbonyl (C=O) groups is 1. The number of para-hydroxylation sites is 1. The van der Waals surface area contributed by atoms with E-state index >= 15 is 0 Å². The topological polar surface area (TPSA) is 46.5 Å². The second-order valence-corrected chi connectivity index (χ2v) is 3.95. The minimum Gasteiger partial charge on any atom is -0.508 e. The standard InChI is InChI=1S/C15H14O3/c16-14-9-5-4-8-13(14)11-18-15(17)10-12-6-2-1-3-7-12/h1-9,16H,10-11H2. The number of rotatable bonds is 4. The van der Waals surface area contributed by atoms with E-state index in [4.69, 9.17) is 4.74 Å². The molecule has 3 heteroatoms. The molecule has 0 spiro atoms. The van der Waals surface area contributed by atoms with Gasteiger partial charge in [0.15, 0.2) is 0 Å². The van der Waals surface area contributed by atoms with Crippen LogP contribution in [0.15, 0.2) is 54.6 Å². The molecule has 0 aliphatic heterocycles. The molecule has 0 aliphatic carbocycles. The minimum absolute atomic E-state index is 0.0956. The molecular formula is C15H14O3. The Morgan fingerprint density at radius 1 is 1.00 bits per heavy atom. The maximum Gasteiger partial charge on any atom is 0.310 e. The highest BCUT2D eigenvalue weighted by molar-refractivity contribution is 5.72. The van der Waals surface area contributed by atoms with Gasteiger partial charge in [0, 0.05) is 5.56 Å². The summed E-state index contributed by atoms with van der Waals surface area (Å²) >= 11 is 0. The van der Waals surface area contributed by atoms with Crippen LogP contribution in [0.4, 0.5) is 0 Å². The first kappa shape index (κ1) is 12.2. The molecule has 0 bridgehead atoms. The Morgan fingerprint density at radius 2 is 1.67 bits per heavy atom. The zero-order valence-electron chi connectivity index (χ0n) is 9.87. The van der Waals surface area contributed by atoms with E-state index in [1.165, 1.54) is 0 Å². The molecule has 0 saturated carbocycles. The van der Waals surface area contributed by atoms with Crippen LogP contribution < -0.4 is 0 Å². The fourth-order valence-corrected chi connectivity index (χ4v) is 1.60. The molecule has 2 aromatic rings. The first-order chi connectivity index (χ1) is 8.75. The molecule has 1 N–H and O–H groups in total. The molecule has 0 unspecified atom stereocenters. The van der Waals surface area contributed by atoms with Crippen LogP contribution in [0.25, 0.3) is 0 Å². The lowest BCUT2D eigenvalue weighted by Crippen LogP contribution is -2.07. The molecule has 18 heavy (non-hydrogen) atoms. The van der Waals surface area contributed by atoms with Crippen molar-refractivity contribution in [3.63, 3.8) is 0 Å². The third kappa shape index (κ3) is 3.35. The molecule has 0 atom stereocenters. The molecular weight excluding hydrogens is 228 g/mol. The predicted molar refractivity (Wildman–Crippen MR) is 68.0 cm³/mol. The number of phenolic OH excluding ortho intramolecular Hbond substituents is 1. The van der Waals surface area contributed by atoms with Gasteiger partial charge in [-0.3, -0.25) is 4.79 Å². The zero-order valence-corrected chi connectivity index (χ0v) is 9.87. The van der Waals surface area contributed by atoms with E-state index in [-0.39, 0.29) is 24.7 Å². The van der Waals surface area contributed by atoms with Gasteiger partial charge in [-0.15, -0.1) is 0 Å². The smallest absolute Gasteiger partial charge is 0.310 e. The average molecular weight is 242 g/mol. The van der Waals surface area contributed by atoms with E-state index in [0.717, 1.165) is 5.56 Å². The SMILES string of the molecule is O=C(Cc1ccccc1)OCc1ccccc1O. The highest BCUT2D eigenvalue weighted by atomic mass is 16.5. The van der Waals surface area contributed by atoms with Gasteiger partial charge in [0.25, 0.3) is 0 Å². The van der Waals surface area contributed by atoms with Crippen molar-refractivity contribution in [3.05, 3.63) is 65.7 Å². The Kier molecular flexibility index (Phi) is 3.97. The van der Waals surface area contributed by atoms with Crippen LogP contribution in [-0.2, 0) is 22.6 Å². The van der Waals surface area contributed by atoms with Gasteiger partial charge in [0.05, 0.1) is 6.42 Å². The molecule has 0 amide bonds. The van der Waals surface area contributed by atoms with Crippen molar-refractivity contribution in [2.75, 3.05) is 0 Å². The fourth-order valence-electron chi connectivity index (χ4n) is 1.60. The second kappa shape index (κ2) is 5.87. The maximum atomic E-state index is 11.6. The molecule has 0 aliphatic rings. The van der Waals surface area contributed by atoms with Gasteiger partial charge < -0.3 is 9.84 Å². The van der Waals surface area contributed by atoms with Crippen LogP contribution in [0.2, 0.25) is 0 Å². The molecule has 92 valence electrons. The Morgan fingerprint density at radius 3 is 2.39 bits per heavy atom. The third-order valence-electron chi connectivity index (χ3n) is 2.57. The van der Waals surface area contributed by atoms with Crippen molar-refractivity contribution in [3.8, 4) is 5.75 Å². The van der Waals surface area contributed by atoms with Gasteiger partial charge in [-0.25, -0.2) is 0 Å². The quantitative estimate of drug-likeness (QED) is 0.838. The van der Waals surface area contributed by atoms with Crippen LogP contribution in [0.3, 0.4) is 0 Å². The summed E-state index contributed by atoms with van der Waals surface area (Å²) in [6.45, 7) is 0.0956. The number of hydrogen-bond acceptors (Lipinski definition) is 3. The van der Waals surface area contributed by atoms with Crippen molar-refractivity contribution in [2.24, 2.45) is 0 Å². The lowest BCUT2D eigenvalue weighted by Gasteiger charge is -2.06. The Balaban J connectivity index is 1.88. The van der Waals surface area contributed by atoms with Crippen molar-refractivity contribution in [1.82, 2.24) is 0 Å². The molecule has 0 heterocycles. The van der Waals surface area contributed by atoms with Crippen LogP contribution in [0, 0.1) is 0 Å². The second-order valence-electron chi connectivity index (χ2n) is 3.95. The van der Waals surface area contributed by atoms with Crippen LogP contribution in [0.5, 0.6) is 5.75 Å². The fraction of sp³-hybridized carbons (Fsp3) is 0.133. The van der Waals surface area contributed by atoms with Gasteiger partial charge in [-0.1, -0.05) is 48.5 Å². The summed E-state index contributed by atoms with van der Waals surface area (Å²) in [5.74, 6) is -0.158. The van der Waals surface area contributed by atoms with Gasteiger partial charge in [0.2, 0.25) is 0 Å². The van der Waals surface area contributed by atoms with Gasteiger partial charge in [-0.05, 0) is 11.6 Å². The highest BCUT2D eigenvalue weighted by Gasteiger charge is 2.06. The van der Waals surface area contributed by atoms with Crippen molar-refractivity contribution >= 4 is 5.97 Å². The predicted octanol–water partition coefficient (Wildman–Crippen LogP) is 2.68. The third-order valence-corrected chi connectivity index (χ3v) is 2.57. The first-order valence-electron chi connectivity index (χ1n) is 5.72. The van der Waals surface area contributed by atoms with E-state index in [1.807, 2.05) is 30.3 Å². The number of esters is 1. The molecule has 0 saturated heterocycles. The molecule has 2 aromatic carbocycles. The average Bonchev–Trinajstić information content (AvgIpc) is 2.39. The number of ether oxygens (including phenoxy) is 1. The van der Waals surface area contributed by atoms with E-state index in [1.54, 1.807) is 24.3 Å². The number of hydrogen-bond donors (Lipinski definition) is 1. The summed E-state index contributed by atoms with van der Waals surface area (Å²) < 4.78 is 5.11. The number of aromatic hydroxyl groups is 1. The van der Waals surface area contributed by atoms with E-state index in [2.05, 4.69) is 0 Å². The lowest BCUT2D eigenvalue weighted by molar-refractivity contribution is -0.144. The number of phenols is 1. The Hall–Kier alpha value is -2.29.